The van der Waals surface area contributed by atoms with Crippen molar-refractivity contribution in [1.82, 2.24) is 15.5 Å². The zero-order valence-electron chi connectivity index (χ0n) is 12.2. The number of carboxylic acid groups (broad SMARTS) is 1. The molecule has 0 aliphatic carbocycles. The fraction of sp³-hybridized carbons (Fsp3) is 0.769. The predicted octanol–water partition coefficient (Wildman–Crippen LogP) is 0.407. The third-order valence-electron chi connectivity index (χ3n) is 2.85. The Morgan fingerprint density at radius 3 is 2.35 bits per heavy atom. The molecule has 1 fully saturated rings. The Kier molecular flexibility index (Phi) is 5.35. The smallest absolute Gasteiger partial charge is 0.317 e. The van der Waals surface area contributed by atoms with Crippen LogP contribution in [0.3, 0.4) is 0 Å². The van der Waals surface area contributed by atoms with Gasteiger partial charge in [0, 0.05) is 37.5 Å². The highest BCUT2D eigenvalue weighted by atomic mass is 16.4. The minimum atomic E-state index is -0.839. The van der Waals surface area contributed by atoms with Crippen molar-refractivity contribution in [2.24, 2.45) is 5.92 Å². The van der Waals surface area contributed by atoms with Crippen LogP contribution in [0.25, 0.3) is 0 Å². The van der Waals surface area contributed by atoms with Gasteiger partial charge in [0.2, 0.25) is 5.91 Å². The Hall–Kier alpha value is -1.79. The molecule has 20 heavy (non-hydrogen) atoms. The summed E-state index contributed by atoms with van der Waals surface area (Å²) in [6, 6.07) is -0.241. The lowest BCUT2D eigenvalue weighted by atomic mass is 9.97. The minimum absolute atomic E-state index is 0.0439. The molecule has 0 radical (unpaired) electrons. The maximum atomic E-state index is 11.7. The van der Waals surface area contributed by atoms with Crippen LogP contribution in [0.5, 0.6) is 0 Å². The summed E-state index contributed by atoms with van der Waals surface area (Å²) in [4.78, 5) is 35.2. The van der Waals surface area contributed by atoms with Crippen LogP contribution in [0.2, 0.25) is 0 Å². The van der Waals surface area contributed by atoms with Gasteiger partial charge in [-0.3, -0.25) is 9.59 Å². The summed E-state index contributed by atoms with van der Waals surface area (Å²) in [6.07, 6.45) is 0.327. The lowest BCUT2D eigenvalue weighted by molar-refractivity contribution is -0.139. The second-order valence-electron chi connectivity index (χ2n) is 6.15. The van der Waals surface area contributed by atoms with E-state index in [-0.39, 0.29) is 42.8 Å². The summed E-state index contributed by atoms with van der Waals surface area (Å²) in [5.74, 6) is -0.901. The normalized spacial score (nSPS) is 15.4. The first kappa shape index (κ1) is 16.3. The Labute approximate surface area is 118 Å². The van der Waals surface area contributed by atoms with E-state index in [4.69, 9.17) is 5.11 Å². The summed E-state index contributed by atoms with van der Waals surface area (Å²) < 4.78 is 0. The van der Waals surface area contributed by atoms with Gasteiger partial charge in [0.25, 0.3) is 0 Å². The van der Waals surface area contributed by atoms with Crippen molar-refractivity contribution in [2.75, 3.05) is 19.6 Å². The van der Waals surface area contributed by atoms with Gasteiger partial charge in [0.15, 0.2) is 0 Å². The zero-order valence-corrected chi connectivity index (χ0v) is 12.2. The third kappa shape index (κ3) is 5.90. The van der Waals surface area contributed by atoms with Gasteiger partial charge in [0.1, 0.15) is 0 Å². The highest BCUT2D eigenvalue weighted by Gasteiger charge is 2.31. The number of carbonyl (C=O) groups is 3. The molecule has 0 aromatic carbocycles. The highest BCUT2D eigenvalue weighted by molar-refractivity contribution is 5.79. The number of likely N-dealkylation sites (tertiary alicyclic amines) is 1. The molecule has 3 amide bonds. The molecule has 0 aromatic rings. The number of urea groups is 1. The Bertz CT molecular complexity index is 384. The molecule has 1 rings (SSSR count). The van der Waals surface area contributed by atoms with Crippen LogP contribution in [0, 0.1) is 5.92 Å². The van der Waals surface area contributed by atoms with E-state index in [9.17, 15) is 14.4 Å². The summed E-state index contributed by atoms with van der Waals surface area (Å²) in [7, 11) is 0. The van der Waals surface area contributed by atoms with Gasteiger partial charge in [-0.1, -0.05) is 0 Å². The molecule has 7 heteroatoms. The average Bonchev–Trinajstić information content (AvgIpc) is 2.19. The van der Waals surface area contributed by atoms with E-state index in [1.807, 2.05) is 20.8 Å². The zero-order chi connectivity index (χ0) is 15.3. The Balaban J connectivity index is 2.13. The number of aliphatic carboxylic acids is 1. The Morgan fingerprint density at radius 1 is 1.25 bits per heavy atom. The van der Waals surface area contributed by atoms with Gasteiger partial charge in [-0.05, 0) is 20.8 Å². The molecule has 1 heterocycles. The summed E-state index contributed by atoms with van der Waals surface area (Å²) in [5, 5.41) is 14.1. The molecule has 7 nitrogen and oxygen atoms in total. The quantitative estimate of drug-likeness (QED) is 0.681. The number of hydrogen-bond donors (Lipinski definition) is 3. The first-order valence-corrected chi connectivity index (χ1v) is 6.73. The van der Waals surface area contributed by atoms with Crippen molar-refractivity contribution in [3.63, 3.8) is 0 Å². The number of carboxylic acids is 1. The molecular formula is C13H23N3O4. The molecule has 1 aliphatic rings. The number of nitrogens with zero attached hydrogens (tertiary/aromatic N) is 1. The molecule has 0 bridgehead atoms. The van der Waals surface area contributed by atoms with Crippen molar-refractivity contribution < 1.29 is 19.5 Å². The van der Waals surface area contributed by atoms with E-state index in [0.29, 0.717) is 13.1 Å². The molecule has 114 valence electrons. The molecule has 0 unspecified atom stereocenters. The standard InChI is InChI=1S/C13H23N3O4/c1-13(2,3)15-10(17)4-5-14-12(20)16-7-9(8-16)6-11(18)19/h9H,4-8H2,1-3H3,(H,14,20)(H,15,17)(H,18,19). The third-order valence-corrected chi connectivity index (χ3v) is 2.85. The summed E-state index contributed by atoms with van der Waals surface area (Å²) in [5.41, 5.74) is -0.275. The van der Waals surface area contributed by atoms with E-state index in [2.05, 4.69) is 10.6 Å². The van der Waals surface area contributed by atoms with E-state index in [0.717, 1.165) is 0 Å². The van der Waals surface area contributed by atoms with Gasteiger partial charge < -0.3 is 20.6 Å². The number of hydrogen-bond acceptors (Lipinski definition) is 3. The molecule has 0 saturated carbocycles. The van der Waals surface area contributed by atoms with Crippen molar-refractivity contribution >= 4 is 17.9 Å². The van der Waals surface area contributed by atoms with Crippen LogP contribution in [0.4, 0.5) is 4.79 Å². The molecular weight excluding hydrogens is 262 g/mol. The van der Waals surface area contributed by atoms with Gasteiger partial charge in [-0.25, -0.2) is 4.79 Å². The number of nitrogens with one attached hydrogen (secondary N) is 2. The average molecular weight is 285 g/mol. The second kappa shape index (κ2) is 6.58. The summed E-state index contributed by atoms with van der Waals surface area (Å²) >= 11 is 0. The van der Waals surface area contributed by atoms with Crippen LogP contribution in [0.1, 0.15) is 33.6 Å². The molecule has 3 N–H and O–H groups in total. The molecule has 0 spiro atoms. The van der Waals surface area contributed by atoms with E-state index < -0.39 is 5.97 Å². The van der Waals surface area contributed by atoms with Crippen LogP contribution in [-0.2, 0) is 9.59 Å². The van der Waals surface area contributed by atoms with Crippen molar-refractivity contribution in [2.45, 2.75) is 39.2 Å². The minimum Gasteiger partial charge on any atom is -0.481 e. The van der Waals surface area contributed by atoms with Crippen LogP contribution in [0.15, 0.2) is 0 Å². The van der Waals surface area contributed by atoms with Crippen LogP contribution in [-0.4, -0.2) is 53.1 Å². The Morgan fingerprint density at radius 2 is 1.85 bits per heavy atom. The van der Waals surface area contributed by atoms with Crippen LogP contribution < -0.4 is 10.6 Å². The van der Waals surface area contributed by atoms with E-state index >= 15 is 0 Å². The van der Waals surface area contributed by atoms with Gasteiger partial charge in [0.05, 0.1) is 6.42 Å². The summed E-state index contributed by atoms with van der Waals surface area (Å²) in [6.45, 7) is 6.89. The van der Waals surface area contributed by atoms with Crippen molar-refractivity contribution in [3.8, 4) is 0 Å². The van der Waals surface area contributed by atoms with E-state index in [1.165, 1.54) is 0 Å². The van der Waals surface area contributed by atoms with Crippen LogP contribution >= 0.6 is 0 Å². The topological polar surface area (TPSA) is 98.7 Å². The molecule has 1 saturated heterocycles. The lowest BCUT2D eigenvalue weighted by Crippen LogP contribution is -2.54. The van der Waals surface area contributed by atoms with Crippen molar-refractivity contribution in [1.29, 1.82) is 0 Å². The number of rotatable bonds is 5. The number of carbonyl (C=O) groups excluding carboxylic acids is 2. The number of amides is 3. The molecule has 0 aromatic heterocycles. The van der Waals surface area contributed by atoms with Gasteiger partial charge in [-0.15, -0.1) is 0 Å². The first-order valence-electron chi connectivity index (χ1n) is 6.73. The van der Waals surface area contributed by atoms with Crippen molar-refractivity contribution in [3.05, 3.63) is 0 Å². The van der Waals surface area contributed by atoms with Gasteiger partial charge in [-0.2, -0.15) is 0 Å². The second-order valence-corrected chi connectivity index (χ2v) is 6.15. The maximum absolute atomic E-state index is 11.7. The monoisotopic (exact) mass is 285 g/mol. The largest absolute Gasteiger partial charge is 0.481 e. The van der Waals surface area contributed by atoms with Gasteiger partial charge >= 0.3 is 12.0 Å². The fourth-order valence-corrected chi connectivity index (χ4v) is 1.99. The SMILES string of the molecule is CC(C)(C)NC(=O)CCNC(=O)N1CC(CC(=O)O)C1. The fourth-order valence-electron chi connectivity index (χ4n) is 1.99. The highest BCUT2D eigenvalue weighted by Crippen LogP contribution is 2.18. The molecule has 0 atom stereocenters. The molecule has 1 aliphatic heterocycles. The lowest BCUT2D eigenvalue weighted by Gasteiger charge is -2.38. The van der Waals surface area contributed by atoms with E-state index in [1.54, 1.807) is 4.90 Å². The predicted molar refractivity (Wildman–Crippen MR) is 73.2 cm³/mol. The first-order chi connectivity index (χ1) is 9.17. The maximum Gasteiger partial charge on any atom is 0.317 e.